The highest BCUT2D eigenvalue weighted by Crippen LogP contribution is 2.24. The van der Waals surface area contributed by atoms with E-state index in [1.165, 1.54) is 16.9 Å². The molecule has 3 aromatic rings. The molecule has 1 atom stereocenters. The lowest BCUT2D eigenvalue weighted by Crippen LogP contribution is -2.31. The molecule has 0 radical (unpaired) electrons. The lowest BCUT2D eigenvalue weighted by molar-refractivity contribution is 0.249. The van der Waals surface area contributed by atoms with Crippen molar-refractivity contribution >= 4 is 45.1 Å². The quantitative estimate of drug-likeness (QED) is 0.412. The van der Waals surface area contributed by atoms with Crippen molar-refractivity contribution < 1.29 is 4.79 Å². The summed E-state index contributed by atoms with van der Waals surface area (Å²) in [7, 11) is 0. The molecule has 1 aromatic carbocycles. The van der Waals surface area contributed by atoms with Gasteiger partial charge < -0.3 is 5.32 Å². The second-order valence-electron chi connectivity index (χ2n) is 5.47. The predicted molar refractivity (Wildman–Crippen MR) is 110 cm³/mol. The number of urea groups is 1. The van der Waals surface area contributed by atoms with Gasteiger partial charge in [0.1, 0.15) is 0 Å². The van der Waals surface area contributed by atoms with Crippen molar-refractivity contribution in [3.8, 4) is 11.3 Å². The minimum absolute atomic E-state index is 0.0810. The Morgan fingerprint density at radius 2 is 2.08 bits per heavy atom. The van der Waals surface area contributed by atoms with Crippen LogP contribution in [-0.2, 0) is 4.43 Å². The number of pyridine rings is 1. The summed E-state index contributed by atoms with van der Waals surface area (Å²) in [6.45, 7) is 1.97. The highest BCUT2D eigenvalue weighted by molar-refractivity contribution is 14.1. The van der Waals surface area contributed by atoms with Crippen LogP contribution in [0, 0.1) is 0 Å². The van der Waals surface area contributed by atoms with E-state index in [2.05, 4.69) is 55.3 Å². The number of nitrogens with zero attached hydrogens (tertiary/aromatic N) is 2. The smallest absolute Gasteiger partial charge is 0.321 e. The number of alkyl halides is 1. The third kappa shape index (κ3) is 4.76. The Morgan fingerprint density at radius 3 is 2.84 bits per heavy atom. The third-order valence-corrected chi connectivity index (χ3v) is 5.29. The van der Waals surface area contributed by atoms with Crippen molar-refractivity contribution in [2.45, 2.75) is 17.4 Å². The summed E-state index contributed by atoms with van der Waals surface area (Å²) in [6.07, 6.45) is 3.44. The second-order valence-corrected chi connectivity index (χ2v) is 7.09. The Bertz CT molecular complexity index is 853. The van der Waals surface area contributed by atoms with Crippen LogP contribution in [0.3, 0.4) is 0 Å². The van der Waals surface area contributed by atoms with Crippen LogP contribution in [0.5, 0.6) is 0 Å². The summed E-state index contributed by atoms with van der Waals surface area (Å²) in [5.41, 5.74) is 4.13. The molecule has 5 nitrogen and oxygen atoms in total. The summed E-state index contributed by atoms with van der Waals surface area (Å²) in [4.78, 5) is 20.7. The molecule has 0 spiro atoms. The zero-order valence-corrected chi connectivity index (χ0v) is 16.5. The van der Waals surface area contributed by atoms with Gasteiger partial charge in [0.05, 0.1) is 11.7 Å². The normalized spacial score (nSPS) is 11.8. The van der Waals surface area contributed by atoms with Gasteiger partial charge >= 0.3 is 6.03 Å². The van der Waals surface area contributed by atoms with E-state index in [1.807, 2.05) is 36.6 Å². The number of benzene rings is 1. The van der Waals surface area contributed by atoms with E-state index in [0.717, 1.165) is 21.2 Å². The molecule has 0 saturated carbocycles. The monoisotopic (exact) mass is 464 g/mol. The maximum atomic E-state index is 12.2. The summed E-state index contributed by atoms with van der Waals surface area (Å²) in [5.74, 6) is 0. The summed E-state index contributed by atoms with van der Waals surface area (Å²) in [5, 5.41) is 8.23. The highest BCUT2D eigenvalue weighted by atomic mass is 127. The van der Waals surface area contributed by atoms with E-state index in [1.54, 1.807) is 12.4 Å². The van der Waals surface area contributed by atoms with Crippen molar-refractivity contribution in [1.29, 1.82) is 0 Å². The minimum atomic E-state index is -0.261. The lowest BCUT2D eigenvalue weighted by atomic mass is 10.1. The first-order valence-corrected chi connectivity index (χ1v) is 10.1. The average molecular weight is 464 g/mol. The van der Waals surface area contributed by atoms with Crippen LogP contribution in [0.4, 0.5) is 9.93 Å². The molecule has 0 saturated heterocycles. The molecular formula is C18H17IN4OS. The number of carbonyl (C=O) groups is 1. The van der Waals surface area contributed by atoms with E-state index in [-0.39, 0.29) is 12.1 Å². The Labute approximate surface area is 164 Å². The van der Waals surface area contributed by atoms with Gasteiger partial charge in [0, 0.05) is 27.8 Å². The number of hydrogen-bond donors (Lipinski definition) is 2. The van der Waals surface area contributed by atoms with E-state index < -0.39 is 0 Å². The highest BCUT2D eigenvalue weighted by Gasteiger charge is 2.12. The van der Waals surface area contributed by atoms with Gasteiger partial charge in [-0.2, -0.15) is 0 Å². The van der Waals surface area contributed by atoms with Crippen LogP contribution in [0.25, 0.3) is 11.3 Å². The maximum Gasteiger partial charge on any atom is 0.321 e. The number of halogens is 1. The SMILES string of the molecule is C[C@@H](NC(=O)Nc1nc(-c2ccncc2)cs1)c1cccc(CI)c1. The number of rotatable bonds is 5. The van der Waals surface area contributed by atoms with E-state index in [9.17, 15) is 4.79 Å². The van der Waals surface area contributed by atoms with Crippen molar-refractivity contribution in [2.24, 2.45) is 0 Å². The fraction of sp³-hybridized carbons (Fsp3) is 0.167. The molecule has 2 heterocycles. The first-order valence-electron chi connectivity index (χ1n) is 7.74. The standard InChI is InChI=1S/C18H17IN4OS/c1-12(15-4-2-3-13(9-15)10-19)21-17(24)23-18-22-16(11-25-18)14-5-7-20-8-6-14/h2-9,11-12H,10H2,1H3,(H2,21,22,23,24)/t12-/m1/s1. The topological polar surface area (TPSA) is 66.9 Å². The number of carbonyl (C=O) groups excluding carboxylic acids is 1. The summed E-state index contributed by atoms with van der Waals surface area (Å²) in [6, 6.07) is 11.7. The number of anilines is 1. The van der Waals surface area contributed by atoms with Gasteiger partial charge in [-0.15, -0.1) is 11.3 Å². The second kappa shape index (κ2) is 8.39. The van der Waals surface area contributed by atoms with E-state index in [0.29, 0.717) is 5.13 Å². The zero-order chi connectivity index (χ0) is 17.6. The van der Waals surface area contributed by atoms with Gasteiger partial charge in [-0.1, -0.05) is 46.9 Å². The molecule has 2 N–H and O–H groups in total. The number of amides is 2. The van der Waals surface area contributed by atoms with E-state index >= 15 is 0 Å². The fourth-order valence-electron chi connectivity index (χ4n) is 2.35. The Kier molecular flexibility index (Phi) is 5.98. The molecule has 2 amide bonds. The molecule has 128 valence electrons. The van der Waals surface area contributed by atoms with Crippen LogP contribution in [-0.4, -0.2) is 16.0 Å². The zero-order valence-electron chi connectivity index (χ0n) is 13.6. The molecule has 0 aliphatic heterocycles. The van der Waals surface area contributed by atoms with Crippen molar-refractivity contribution in [2.75, 3.05) is 5.32 Å². The van der Waals surface area contributed by atoms with Gasteiger partial charge in [0.25, 0.3) is 0 Å². The average Bonchev–Trinajstić information content (AvgIpc) is 3.10. The largest absolute Gasteiger partial charge is 0.331 e. The van der Waals surface area contributed by atoms with Gasteiger partial charge in [-0.05, 0) is 30.2 Å². The van der Waals surface area contributed by atoms with Crippen molar-refractivity contribution in [3.63, 3.8) is 0 Å². The van der Waals surface area contributed by atoms with Gasteiger partial charge in [-0.25, -0.2) is 9.78 Å². The molecule has 2 aromatic heterocycles. The predicted octanol–water partition coefficient (Wildman–Crippen LogP) is 5.02. The van der Waals surface area contributed by atoms with Crippen LogP contribution in [0.1, 0.15) is 24.1 Å². The third-order valence-electron chi connectivity index (χ3n) is 3.65. The summed E-state index contributed by atoms with van der Waals surface area (Å²) < 4.78 is 0.946. The summed E-state index contributed by atoms with van der Waals surface area (Å²) >= 11 is 3.73. The van der Waals surface area contributed by atoms with Crippen LogP contribution in [0.2, 0.25) is 0 Å². The maximum absolute atomic E-state index is 12.2. The van der Waals surface area contributed by atoms with Gasteiger partial charge in [-0.3, -0.25) is 10.3 Å². The molecule has 0 aliphatic rings. The number of aromatic nitrogens is 2. The van der Waals surface area contributed by atoms with Crippen LogP contribution in [0.15, 0.2) is 54.2 Å². The molecule has 0 fully saturated rings. The Balaban J connectivity index is 1.62. The van der Waals surface area contributed by atoms with Crippen molar-refractivity contribution in [3.05, 3.63) is 65.3 Å². The number of thiazole rings is 1. The first-order chi connectivity index (χ1) is 12.2. The number of nitrogens with one attached hydrogen (secondary N) is 2. The lowest BCUT2D eigenvalue weighted by Gasteiger charge is -2.15. The fourth-order valence-corrected chi connectivity index (χ4v) is 3.53. The first kappa shape index (κ1) is 17.8. The van der Waals surface area contributed by atoms with E-state index in [4.69, 9.17) is 0 Å². The molecule has 25 heavy (non-hydrogen) atoms. The molecule has 0 unspecified atom stereocenters. The van der Waals surface area contributed by atoms with Gasteiger partial charge in [0.2, 0.25) is 0 Å². The molecule has 7 heteroatoms. The van der Waals surface area contributed by atoms with Crippen molar-refractivity contribution in [1.82, 2.24) is 15.3 Å². The Morgan fingerprint density at radius 1 is 1.28 bits per heavy atom. The van der Waals surface area contributed by atoms with Gasteiger partial charge in [0.15, 0.2) is 5.13 Å². The molecular weight excluding hydrogens is 447 g/mol. The number of hydrogen-bond acceptors (Lipinski definition) is 4. The van der Waals surface area contributed by atoms with Crippen LogP contribution >= 0.6 is 33.9 Å². The minimum Gasteiger partial charge on any atom is -0.331 e. The molecule has 3 rings (SSSR count). The molecule has 0 bridgehead atoms. The Hall–Kier alpha value is -2.00. The van der Waals surface area contributed by atoms with Crippen LogP contribution < -0.4 is 10.6 Å². The molecule has 0 aliphatic carbocycles.